The number of rotatable bonds is 3. The SMILES string of the molecule is CN1CCN(C2CCC(C(C)(C)C)CC2)CC1.CN1CCN(C2CCC(C(C)(C)C)CC2)CC1.CN1CCN(C2CCC(C(C)(C)C)CC2)CC1. The summed E-state index contributed by atoms with van der Waals surface area (Å²) in [7, 11) is 6.73. The van der Waals surface area contributed by atoms with E-state index in [1.807, 2.05) is 0 Å². The molecule has 0 aromatic rings. The molecule has 300 valence electrons. The summed E-state index contributed by atoms with van der Waals surface area (Å²) in [5.74, 6) is 2.85. The van der Waals surface area contributed by atoms with E-state index in [9.17, 15) is 0 Å². The second-order valence-corrected chi connectivity index (χ2v) is 21.6. The van der Waals surface area contributed by atoms with Crippen LogP contribution in [0, 0.1) is 34.0 Å². The van der Waals surface area contributed by atoms with Gasteiger partial charge in [-0.3, -0.25) is 14.7 Å². The summed E-state index contributed by atoms with van der Waals surface area (Å²) < 4.78 is 0. The first kappa shape index (κ1) is 43.5. The van der Waals surface area contributed by atoms with Crippen LogP contribution in [-0.2, 0) is 0 Å². The molecule has 51 heavy (non-hydrogen) atoms. The largest absolute Gasteiger partial charge is 0.304 e. The topological polar surface area (TPSA) is 19.4 Å². The summed E-state index contributed by atoms with van der Waals surface area (Å²) in [6, 6.07) is 2.67. The van der Waals surface area contributed by atoms with E-state index in [4.69, 9.17) is 0 Å². The average Bonchev–Trinajstić information content (AvgIpc) is 3.09. The Morgan fingerprint density at radius 2 is 0.451 bits per heavy atom. The molecule has 6 aliphatic rings. The average molecular weight is 715 g/mol. The first-order valence-corrected chi connectivity index (χ1v) is 22.2. The predicted molar refractivity (Wildman–Crippen MR) is 223 cm³/mol. The maximum absolute atomic E-state index is 2.75. The van der Waals surface area contributed by atoms with Crippen molar-refractivity contribution in [2.45, 2.75) is 157 Å². The van der Waals surface area contributed by atoms with Crippen molar-refractivity contribution in [1.82, 2.24) is 29.4 Å². The van der Waals surface area contributed by atoms with Gasteiger partial charge in [-0.05, 0) is 132 Å². The summed E-state index contributed by atoms with van der Waals surface area (Å²) in [5, 5.41) is 0. The number of hydrogen-bond acceptors (Lipinski definition) is 6. The van der Waals surface area contributed by atoms with Crippen LogP contribution < -0.4 is 0 Å². The highest BCUT2D eigenvalue weighted by atomic mass is 15.3. The molecule has 0 spiro atoms. The fraction of sp³-hybridized carbons (Fsp3) is 1.00. The van der Waals surface area contributed by atoms with E-state index in [1.54, 1.807) is 0 Å². The van der Waals surface area contributed by atoms with E-state index in [0.717, 1.165) is 35.9 Å². The second kappa shape index (κ2) is 19.6. The van der Waals surface area contributed by atoms with Gasteiger partial charge in [-0.25, -0.2) is 0 Å². The van der Waals surface area contributed by atoms with Gasteiger partial charge in [-0.15, -0.1) is 0 Å². The van der Waals surface area contributed by atoms with Crippen molar-refractivity contribution >= 4 is 0 Å². The van der Waals surface area contributed by atoms with Gasteiger partial charge in [-0.2, -0.15) is 0 Å². The van der Waals surface area contributed by atoms with Crippen molar-refractivity contribution in [2.24, 2.45) is 34.0 Å². The zero-order valence-electron chi connectivity index (χ0n) is 36.6. The first-order chi connectivity index (χ1) is 23.9. The monoisotopic (exact) mass is 715 g/mol. The summed E-state index contributed by atoms with van der Waals surface area (Å²) >= 11 is 0. The highest BCUT2D eigenvalue weighted by Crippen LogP contribution is 2.41. The third kappa shape index (κ3) is 14.1. The molecule has 3 aliphatic heterocycles. The Balaban J connectivity index is 0.000000172. The van der Waals surface area contributed by atoms with Crippen molar-refractivity contribution in [3.63, 3.8) is 0 Å². The zero-order valence-corrected chi connectivity index (χ0v) is 36.6. The van der Waals surface area contributed by atoms with E-state index in [1.165, 1.54) is 156 Å². The Morgan fingerprint density at radius 3 is 0.608 bits per heavy atom. The molecule has 3 aliphatic carbocycles. The van der Waals surface area contributed by atoms with Gasteiger partial charge >= 0.3 is 0 Å². The molecule has 3 saturated heterocycles. The molecule has 0 unspecified atom stereocenters. The second-order valence-electron chi connectivity index (χ2n) is 21.6. The molecule has 0 bridgehead atoms. The van der Waals surface area contributed by atoms with Gasteiger partial charge in [0.25, 0.3) is 0 Å². The predicted octanol–water partition coefficient (Wildman–Crippen LogP) is 8.52. The van der Waals surface area contributed by atoms with E-state index >= 15 is 0 Å². The molecule has 0 radical (unpaired) electrons. The highest BCUT2D eigenvalue weighted by Gasteiger charge is 2.35. The smallest absolute Gasteiger partial charge is 0.0113 e. The molecule has 0 amide bonds. The van der Waals surface area contributed by atoms with E-state index in [-0.39, 0.29) is 0 Å². The number of piperazine rings is 3. The molecule has 3 saturated carbocycles. The standard InChI is InChI=1S/3C15H30N2/c3*1-15(2,3)13-5-7-14(8-6-13)17-11-9-16(4)10-12-17/h3*13-14H,5-12H2,1-4H3. The van der Waals surface area contributed by atoms with Crippen molar-refractivity contribution in [1.29, 1.82) is 0 Å². The fourth-order valence-electron chi connectivity index (χ4n) is 10.5. The summed E-state index contributed by atoms with van der Waals surface area (Å²) in [6.07, 6.45) is 17.3. The van der Waals surface area contributed by atoms with Crippen molar-refractivity contribution < 1.29 is 0 Å². The Labute approximate surface area is 319 Å². The minimum Gasteiger partial charge on any atom is -0.304 e. The maximum atomic E-state index is 2.75. The van der Waals surface area contributed by atoms with Crippen LogP contribution in [0.2, 0.25) is 0 Å². The Bertz CT molecular complexity index is 807. The van der Waals surface area contributed by atoms with Crippen LogP contribution in [0.5, 0.6) is 0 Å². The van der Waals surface area contributed by atoms with Crippen molar-refractivity contribution in [2.75, 3.05) is 99.7 Å². The van der Waals surface area contributed by atoms with Crippen LogP contribution >= 0.6 is 0 Å². The molecular formula is C45H90N6. The van der Waals surface area contributed by atoms with Gasteiger partial charge in [0.15, 0.2) is 0 Å². The molecule has 0 aromatic carbocycles. The Hall–Kier alpha value is -0.240. The molecule has 0 N–H and O–H groups in total. The lowest BCUT2D eigenvalue weighted by atomic mass is 9.71. The maximum Gasteiger partial charge on any atom is 0.0113 e. The third-order valence-corrected chi connectivity index (χ3v) is 14.9. The van der Waals surface area contributed by atoms with Gasteiger partial charge in [-0.1, -0.05) is 62.3 Å². The van der Waals surface area contributed by atoms with Crippen molar-refractivity contribution in [3.8, 4) is 0 Å². The number of hydrogen-bond donors (Lipinski definition) is 0. The Morgan fingerprint density at radius 1 is 0.275 bits per heavy atom. The molecule has 6 fully saturated rings. The van der Waals surface area contributed by atoms with Gasteiger partial charge < -0.3 is 14.7 Å². The third-order valence-electron chi connectivity index (χ3n) is 14.9. The van der Waals surface area contributed by atoms with Crippen molar-refractivity contribution in [3.05, 3.63) is 0 Å². The van der Waals surface area contributed by atoms with E-state index in [2.05, 4.69) is 113 Å². The Kier molecular flexibility index (Phi) is 16.7. The molecule has 6 heteroatoms. The molecule has 0 atom stereocenters. The first-order valence-electron chi connectivity index (χ1n) is 22.2. The van der Waals surface area contributed by atoms with Crippen LogP contribution in [0.1, 0.15) is 139 Å². The van der Waals surface area contributed by atoms with Gasteiger partial charge in [0, 0.05) is 96.7 Å². The lowest BCUT2D eigenvalue weighted by Crippen LogP contribution is -2.50. The molecular weight excluding hydrogens is 625 g/mol. The minimum absolute atomic E-state index is 0.521. The van der Waals surface area contributed by atoms with Crippen LogP contribution in [0.4, 0.5) is 0 Å². The lowest BCUT2D eigenvalue weighted by molar-refractivity contribution is 0.0618. The summed E-state index contributed by atoms with van der Waals surface area (Å²) in [4.78, 5) is 15.6. The number of likely N-dealkylation sites (N-methyl/N-ethyl adjacent to an activating group) is 3. The van der Waals surface area contributed by atoms with Crippen LogP contribution in [-0.4, -0.2) is 147 Å². The number of nitrogens with zero attached hydrogens (tertiary/aromatic N) is 6. The summed E-state index contributed by atoms with van der Waals surface area (Å²) in [6.45, 7) is 37.0. The summed E-state index contributed by atoms with van der Waals surface area (Å²) in [5.41, 5.74) is 1.56. The van der Waals surface area contributed by atoms with Gasteiger partial charge in [0.05, 0.1) is 0 Å². The normalized spacial score (nSPS) is 33.9. The van der Waals surface area contributed by atoms with Crippen LogP contribution in [0.15, 0.2) is 0 Å². The molecule has 0 aromatic heterocycles. The molecule has 6 nitrogen and oxygen atoms in total. The van der Waals surface area contributed by atoms with E-state index in [0.29, 0.717) is 16.2 Å². The zero-order chi connectivity index (χ0) is 37.4. The van der Waals surface area contributed by atoms with Crippen LogP contribution in [0.3, 0.4) is 0 Å². The highest BCUT2D eigenvalue weighted by molar-refractivity contribution is 4.89. The fourth-order valence-corrected chi connectivity index (χ4v) is 10.5. The minimum atomic E-state index is 0.521. The lowest BCUT2D eigenvalue weighted by Gasteiger charge is -2.43. The van der Waals surface area contributed by atoms with Gasteiger partial charge in [0.2, 0.25) is 0 Å². The van der Waals surface area contributed by atoms with Crippen LogP contribution in [0.25, 0.3) is 0 Å². The molecule has 3 heterocycles. The van der Waals surface area contributed by atoms with E-state index < -0.39 is 0 Å². The quantitative estimate of drug-likeness (QED) is 0.290. The van der Waals surface area contributed by atoms with Gasteiger partial charge in [0.1, 0.15) is 0 Å². The molecule has 6 rings (SSSR count).